The Balaban J connectivity index is 1.13. The van der Waals surface area contributed by atoms with Gasteiger partial charge in [-0.05, 0) is 42.6 Å². The minimum absolute atomic E-state index is 0.0506. The summed E-state index contributed by atoms with van der Waals surface area (Å²) in [6, 6.07) is 16.1. The van der Waals surface area contributed by atoms with E-state index >= 15 is 0 Å². The van der Waals surface area contributed by atoms with E-state index in [0.29, 0.717) is 31.3 Å². The molecular weight excluding hydrogens is 508 g/mol. The highest BCUT2D eigenvalue weighted by Gasteiger charge is 2.26. The smallest absolute Gasteiger partial charge is 0.241 e. The Kier molecular flexibility index (Phi) is 7.34. The van der Waals surface area contributed by atoms with Crippen molar-refractivity contribution in [1.82, 2.24) is 29.9 Å². The molecule has 8 nitrogen and oxygen atoms in total. The highest BCUT2D eigenvalue weighted by molar-refractivity contribution is 9.10. The molecule has 0 spiro atoms. The molecule has 1 aliphatic rings. The second-order valence-corrected chi connectivity index (χ2v) is 9.78. The van der Waals surface area contributed by atoms with E-state index in [1.165, 1.54) is 5.56 Å². The van der Waals surface area contributed by atoms with E-state index in [2.05, 4.69) is 53.4 Å². The molecule has 1 unspecified atom stereocenters. The third-order valence-corrected chi connectivity index (χ3v) is 6.66. The molecule has 180 valence electrons. The number of aromatic nitrogens is 4. The van der Waals surface area contributed by atoms with E-state index in [1.807, 2.05) is 47.2 Å². The maximum Gasteiger partial charge on any atom is 0.241 e. The number of hydrogen-bond acceptors (Lipinski definition) is 6. The molecule has 2 aromatic carbocycles. The highest BCUT2D eigenvalue weighted by atomic mass is 79.9. The zero-order valence-electron chi connectivity index (χ0n) is 19.3. The van der Waals surface area contributed by atoms with Gasteiger partial charge in [-0.1, -0.05) is 57.5 Å². The summed E-state index contributed by atoms with van der Waals surface area (Å²) in [5, 5.41) is 7.25. The van der Waals surface area contributed by atoms with Crippen molar-refractivity contribution in [2.24, 2.45) is 5.92 Å². The second kappa shape index (κ2) is 11.0. The van der Waals surface area contributed by atoms with E-state index in [0.717, 1.165) is 41.5 Å². The van der Waals surface area contributed by atoms with Crippen LogP contribution in [0.15, 0.2) is 76.2 Å². The lowest BCUT2D eigenvalue weighted by molar-refractivity contribution is -0.127. The third-order valence-electron chi connectivity index (χ3n) is 6.17. The van der Waals surface area contributed by atoms with Crippen LogP contribution >= 0.6 is 15.9 Å². The monoisotopic (exact) mass is 534 g/mol. The molecule has 0 saturated carbocycles. The quantitative estimate of drug-likeness (QED) is 0.363. The van der Waals surface area contributed by atoms with Crippen LogP contribution in [-0.2, 0) is 24.4 Å². The van der Waals surface area contributed by atoms with Crippen molar-refractivity contribution in [3.8, 4) is 11.4 Å². The van der Waals surface area contributed by atoms with Gasteiger partial charge in [0.25, 0.3) is 0 Å². The minimum Gasteiger partial charge on any atom is -0.352 e. The van der Waals surface area contributed by atoms with Crippen LogP contribution in [0.1, 0.15) is 29.9 Å². The predicted molar refractivity (Wildman–Crippen MR) is 135 cm³/mol. The number of likely N-dealkylation sites (tertiary alicyclic amines) is 1. The van der Waals surface area contributed by atoms with Crippen LogP contribution in [0.3, 0.4) is 0 Å². The van der Waals surface area contributed by atoms with Crippen molar-refractivity contribution in [3.63, 3.8) is 0 Å². The number of halogens is 1. The number of nitrogens with one attached hydrogen (secondary N) is 1. The van der Waals surface area contributed by atoms with Gasteiger partial charge < -0.3 is 14.4 Å². The van der Waals surface area contributed by atoms with Crippen molar-refractivity contribution in [2.45, 2.75) is 32.5 Å². The molecular formula is C26H27BrN6O2. The average Bonchev–Trinajstić information content (AvgIpc) is 3.55. The summed E-state index contributed by atoms with van der Waals surface area (Å²) in [5.74, 6) is 1.18. The molecule has 1 saturated heterocycles. The molecule has 1 N–H and O–H groups in total. The van der Waals surface area contributed by atoms with E-state index in [9.17, 15) is 4.79 Å². The summed E-state index contributed by atoms with van der Waals surface area (Å²) in [5.41, 5.74) is 3.18. The fourth-order valence-corrected chi connectivity index (χ4v) is 4.83. The van der Waals surface area contributed by atoms with Crippen molar-refractivity contribution in [2.75, 3.05) is 13.1 Å². The van der Waals surface area contributed by atoms with Crippen LogP contribution in [0.25, 0.3) is 11.4 Å². The largest absolute Gasteiger partial charge is 0.352 e. The molecule has 3 heterocycles. The molecule has 5 rings (SSSR count). The van der Waals surface area contributed by atoms with E-state index < -0.39 is 0 Å². The summed E-state index contributed by atoms with van der Waals surface area (Å²) < 4.78 is 8.48. The average molecular weight is 535 g/mol. The van der Waals surface area contributed by atoms with Gasteiger partial charge in [-0.15, -0.1) is 0 Å². The first kappa shape index (κ1) is 23.4. The van der Waals surface area contributed by atoms with E-state index in [-0.39, 0.29) is 11.8 Å². The fourth-order valence-electron chi connectivity index (χ4n) is 4.43. The molecule has 1 aliphatic heterocycles. The van der Waals surface area contributed by atoms with E-state index in [4.69, 9.17) is 4.52 Å². The van der Waals surface area contributed by atoms with Gasteiger partial charge in [-0.2, -0.15) is 4.98 Å². The predicted octanol–water partition coefficient (Wildman–Crippen LogP) is 4.27. The number of imidazole rings is 1. The maximum atomic E-state index is 12.9. The fraction of sp³-hybridized carbons (Fsp3) is 0.308. The van der Waals surface area contributed by atoms with Crippen LogP contribution < -0.4 is 5.32 Å². The van der Waals surface area contributed by atoms with E-state index in [1.54, 1.807) is 12.5 Å². The number of hydrogen-bond donors (Lipinski definition) is 1. The SMILES string of the molecule is O=C(NCc1cccc(Cn2ccnc2)c1)C1CCCN(Cc2nc(-c3cccc(Br)c3)no2)C1. The van der Waals surface area contributed by atoms with Crippen LogP contribution in [0.4, 0.5) is 0 Å². The topological polar surface area (TPSA) is 89.1 Å². The molecule has 35 heavy (non-hydrogen) atoms. The standard InChI is InChI=1S/C26H27BrN6O2/c27-23-8-2-6-21(13-23)25-30-24(35-31-25)17-32-10-3-7-22(16-32)26(34)29-14-19-4-1-5-20(12-19)15-33-11-9-28-18-33/h1-2,4-6,8-9,11-13,18,22H,3,7,10,14-17H2,(H,29,34). The van der Waals surface area contributed by atoms with Crippen molar-refractivity contribution in [1.29, 1.82) is 0 Å². The van der Waals surface area contributed by atoms with Crippen molar-refractivity contribution in [3.05, 3.63) is 88.7 Å². The Hall–Kier alpha value is -3.30. The first-order valence-electron chi connectivity index (χ1n) is 11.7. The first-order valence-corrected chi connectivity index (χ1v) is 12.5. The van der Waals surface area contributed by atoms with Crippen molar-refractivity contribution >= 4 is 21.8 Å². The Morgan fingerprint density at radius 3 is 2.89 bits per heavy atom. The first-order chi connectivity index (χ1) is 17.1. The Bertz CT molecular complexity index is 1270. The number of piperidine rings is 1. The molecule has 1 amide bonds. The number of nitrogens with zero attached hydrogens (tertiary/aromatic N) is 5. The molecule has 1 atom stereocenters. The molecule has 1 fully saturated rings. The van der Waals surface area contributed by atoms with Gasteiger partial charge in [0.1, 0.15) is 0 Å². The van der Waals surface area contributed by atoms with Crippen molar-refractivity contribution < 1.29 is 9.32 Å². The lowest BCUT2D eigenvalue weighted by Gasteiger charge is -2.30. The summed E-state index contributed by atoms with van der Waals surface area (Å²) in [6.45, 7) is 3.42. The summed E-state index contributed by atoms with van der Waals surface area (Å²) in [4.78, 5) is 23.8. The van der Waals surface area contributed by atoms with Gasteiger partial charge >= 0.3 is 0 Å². The Labute approximate surface area is 212 Å². The summed E-state index contributed by atoms with van der Waals surface area (Å²) in [6.07, 6.45) is 7.37. The van der Waals surface area contributed by atoms with Crippen LogP contribution in [-0.4, -0.2) is 43.6 Å². The van der Waals surface area contributed by atoms with Crippen LogP contribution in [0, 0.1) is 5.92 Å². The number of benzene rings is 2. The van der Waals surface area contributed by atoms with Gasteiger partial charge in [0.2, 0.25) is 17.6 Å². The lowest BCUT2D eigenvalue weighted by Crippen LogP contribution is -2.42. The maximum absolute atomic E-state index is 12.9. The van der Waals surface area contributed by atoms with Gasteiger partial charge in [-0.3, -0.25) is 9.69 Å². The molecule has 0 aliphatic carbocycles. The van der Waals surface area contributed by atoms with Crippen LogP contribution in [0.2, 0.25) is 0 Å². The molecule has 9 heteroatoms. The molecule has 2 aromatic heterocycles. The number of carbonyl (C=O) groups excluding carboxylic acids is 1. The zero-order valence-corrected chi connectivity index (χ0v) is 20.9. The molecule has 0 bridgehead atoms. The number of amides is 1. The lowest BCUT2D eigenvalue weighted by atomic mass is 9.97. The summed E-state index contributed by atoms with van der Waals surface area (Å²) in [7, 11) is 0. The highest BCUT2D eigenvalue weighted by Crippen LogP contribution is 2.22. The Morgan fingerprint density at radius 1 is 1.14 bits per heavy atom. The summed E-state index contributed by atoms with van der Waals surface area (Å²) >= 11 is 3.47. The van der Waals surface area contributed by atoms with Gasteiger partial charge in [-0.25, -0.2) is 4.98 Å². The molecule has 0 radical (unpaired) electrons. The van der Waals surface area contributed by atoms with Crippen LogP contribution in [0.5, 0.6) is 0 Å². The zero-order chi connectivity index (χ0) is 24.0. The number of carbonyl (C=O) groups is 1. The normalized spacial score (nSPS) is 16.3. The third kappa shape index (κ3) is 6.23. The Morgan fingerprint density at radius 2 is 2.03 bits per heavy atom. The molecule has 4 aromatic rings. The van der Waals surface area contributed by atoms with Gasteiger partial charge in [0.05, 0.1) is 18.8 Å². The minimum atomic E-state index is -0.0506. The van der Waals surface area contributed by atoms with Gasteiger partial charge in [0.15, 0.2) is 0 Å². The van der Waals surface area contributed by atoms with Gasteiger partial charge in [0, 0.05) is 42.1 Å². The second-order valence-electron chi connectivity index (χ2n) is 8.87. The number of rotatable bonds is 8.